The first-order valence-electron chi connectivity index (χ1n) is 8.54. The van der Waals surface area contributed by atoms with Gasteiger partial charge >= 0.3 is 0 Å². The summed E-state index contributed by atoms with van der Waals surface area (Å²) < 4.78 is 0. The molecule has 22 heavy (non-hydrogen) atoms. The molecule has 5 atom stereocenters. The van der Waals surface area contributed by atoms with E-state index in [9.17, 15) is 9.59 Å². The average Bonchev–Trinajstić information content (AvgIpc) is 2.96. The van der Waals surface area contributed by atoms with E-state index in [0.29, 0.717) is 30.2 Å². The van der Waals surface area contributed by atoms with E-state index in [4.69, 9.17) is 0 Å². The molecule has 2 saturated carbocycles. The van der Waals surface area contributed by atoms with Crippen LogP contribution in [-0.2, 0) is 9.59 Å². The van der Waals surface area contributed by atoms with E-state index in [-0.39, 0.29) is 23.7 Å². The van der Waals surface area contributed by atoms with Crippen LogP contribution >= 0.6 is 0 Å². The quantitative estimate of drug-likeness (QED) is 0.589. The van der Waals surface area contributed by atoms with E-state index < -0.39 is 0 Å². The Balaban J connectivity index is 1.87. The number of carbonyl (C=O) groups is 2. The molecule has 3 fully saturated rings. The topological polar surface area (TPSA) is 40.6 Å². The van der Waals surface area contributed by atoms with Gasteiger partial charge in [0.2, 0.25) is 11.8 Å². The molecule has 0 spiro atoms. The van der Waals surface area contributed by atoms with Crippen LogP contribution < -0.4 is 0 Å². The highest BCUT2D eigenvalue weighted by molar-refractivity contribution is 6.06. The van der Waals surface area contributed by atoms with Crippen molar-refractivity contribution in [1.29, 1.82) is 0 Å². The van der Waals surface area contributed by atoms with E-state index >= 15 is 0 Å². The summed E-state index contributed by atoms with van der Waals surface area (Å²) in [6.45, 7) is 7.89. The third-order valence-electron chi connectivity index (χ3n) is 5.66. The zero-order chi connectivity index (χ0) is 16.2. The van der Waals surface area contributed by atoms with Gasteiger partial charge in [-0.15, -0.1) is 0 Å². The third kappa shape index (κ3) is 2.23. The fourth-order valence-corrected chi connectivity index (χ4v) is 4.89. The van der Waals surface area contributed by atoms with Gasteiger partial charge in [0.05, 0.1) is 11.8 Å². The average molecular weight is 304 g/mol. The smallest absolute Gasteiger partial charge is 0.233 e. The number of allylic oxidation sites excluding steroid dienone is 2. The molecular formula is C18H28N2O2. The zero-order valence-corrected chi connectivity index (χ0v) is 14.4. The molecule has 1 heterocycles. The standard InChI is InChI=1S/C18H28N2O2/c1-10(2)8-12-13-9-11(3)14(12)16-15(13)17(21)20(18(16)22)7-6-19(4)5/h8,10-11,13-16H,6-7,9H2,1-5H3/b12-8-/t11?,13?,14?,15-,16+/m0/s1. The van der Waals surface area contributed by atoms with E-state index in [1.54, 1.807) is 4.90 Å². The largest absolute Gasteiger partial charge is 0.308 e. The number of amides is 2. The summed E-state index contributed by atoms with van der Waals surface area (Å²) in [5.41, 5.74) is 1.41. The van der Waals surface area contributed by atoms with Crippen molar-refractivity contribution >= 4 is 11.8 Å². The number of fused-ring (bicyclic) bond motifs is 5. The van der Waals surface area contributed by atoms with Crippen LogP contribution in [0.1, 0.15) is 27.2 Å². The molecule has 2 bridgehead atoms. The fraction of sp³-hybridized carbons (Fsp3) is 0.778. The predicted octanol–water partition coefficient (Wildman–Crippen LogP) is 2.02. The van der Waals surface area contributed by atoms with E-state index in [2.05, 4.69) is 26.8 Å². The Kier molecular flexibility index (Phi) is 3.92. The van der Waals surface area contributed by atoms with Crippen molar-refractivity contribution in [2.24, 2.45) is 35.5 Å². The third-order valence-corrected chi connectivity index (χ3v) is 5.66. The van der Waals surface area contributed by atoms with Crippen molar-refractivity contribution < 1.29 is 9.59 Å². The number of rotatable bonds is 4. The Hall–Kier alpha value is -1.16. The molecule has 3 aliphatic rings. The van der Waals surface area contributed by atoms with Gasteiger partial charge < -0.3 is 4.90 Å². The maximum Gasteiger partial charge on any atom is 0.233 e. The number of nitrogens with zero attached hydrogens (tertiary/aromatic N) is 2. The van der Waals surface area contributed by atoms with E-state index in [1.807, 2.05) is 19.0 Å². The van der Waals surface area contributed by atoms with E-state index in [0.717, 1.165) is 13.0 Å². The first-order chi connectivity index (χ1) is 10.3. The molecule has 0 radical (unpaired) electrons. The summed E-state index contributed by atoms with van der Waals surface area (Å²) in [6, 6.07) is 0. The summed E-state index contributed by atoms with van der Waals surface area (Å²) in [4.78, 5) is 29.2. The Bertz CT molecular complexity index is 523. The molecule has 0 aromatic heterocycles. The highest BCUT2D eigenvalue weighted by atomic mass is 16.2. The fourth-order valence-electron chi connectivity index (χ4n) is 4.89. The van der Waals surface area contributed by atoms with Crippen LogP contribution in [0.25, 0.3) is 0 Å². The summed E-state index contributed by atoms with van der Waals surface area (Å²) in [7, 11) is 3.95. The zero-order valence-electron chi connectivity index (χ0n) is 14.4. The highest BCUT2D eigenvalue weighted by Gasteiger charge is 2.64. The van der Waals surface area contributed by atoms with Gasteiger partial charge in [-0.25, -0.2) is 0 Å². The molecule has 2 amide bonds. The molecule has 3 rings (SSSR count). The van der Waals surface area contributed by atoms with E-state index in [1.165, 1.54) is 5.57 Å². The Morgan fingerprint density at radius 1 is 1.18 bits per heavy atom. The second-order valence-corrected chi connectivity index (χ2v) is 7.94. The number of likely N-dealkylation sites (tertiary alicyclic amines) is 1. The monoisotopic (exact) mass is 304 g/mol. The van der Waals surface area contributed by atoms with Gasteiger partial charge in [0.25, 0.3) is 0 Å². The summed E-state index contributed by atoms with van der Waals surface area (Å²) in [6.07, 6.45) is 3.40. The summed E-state index contributed by atoms with van der Waals surface area (Å²) in [5.74, 6) is 1.66. The first-order valence-corrected chi connectivity index (χ1v) is 8.54. The molecule has 4 nitrogen and oxygen atoms in total. The lowest BCUT2D eigenvalue weighted by molar-refractivity contribution is -0.140. The Labute approximate surface area is 133 Å². The molecule has 3 unspecified atom stereocenters. The number of imide groups is 1. The first kappa shape index (κ1) is 15.7. The minimum atomic E-state index is -0.0755. The van der Waals surface area contributed by atoms with Gasteiger partial charge in [0.1, 0.15) is 0 Å². The minimum Gasteiger partial charge on any atom is -0.308 e. The molecule has 0 N–H and O–H groups in total. The highest BCUT2D eigenvalue weighted by Crippen LogP contribution is 2.61. The number of carbonyl (C=O) groups excluding carboxylic acids is 2. The summed E-state index contributed by atoms with van der Waals surface area (Å²) in [5, 5.41) is 0. The van der Waals surface area contributed by atoms with Crippen LogP contribution in [0.4, 0.5) is 0 Å². The lowest BCUT2D eigenvalue weighted by Gasteiger charge is -2.24. The van der Waals surface area contributed by atoms with Gasteiger partial charge in [-0.05, 0) is 44.2 Å². The predicted molar refractivity (Wildman–Crippen MR) is 85.9 cm³/mol. The number of likely N-dealkylation sites (N-methyl/N-ethyl adjacent to an activating group) is 1. The molecule has 0 aromatic carbocycles. The minimum absolute atomic E-state index is 0.0686. The Morgan fingerprint density at radius 2 is 1.82 bits per heavy atom. The molecule has 1 aliphatic heterocycles. The maximum absolute atomic E-state index is 12.8. The van der Waals surface area contributed by atoms with Crippen molar-refractivity contribution in [3.05, 3.63) is 11.6 Å². The van der Waals surface area contributed by atoms with Crippen LogP contribution in [0.15, 0.2) is 11.6 Å². The van der Waals surface area contributed by atoms with Crippen molar-refractivity contribution in [3.63, 3.8) is 0 Å². The van der Waals surface area contributed by atoms with Crippen LogP contribution in [0.5, 0.6) is 0 Å². The number of hydrogen-bond donors (Lipinski definition) is 0. The molecule has 0 aromatic rings. The molecule has 122 valence electrons. The number of hydrogen-bond acceptors (Lipinski definition) is 3. The van der Waals surface area contributed by atoms with Crippen molar-refractivity contribution in [2.45, 2.75) is 27.2 Å². The van der Waals surface area contributed by atoms with Gasteiger partial charge in [-0.2, -0.15) is 0 Å². The Morgan fingerprint density at radius 3 is 2.41 bits per heavy atom. The maximum atomic E-state index is 12.8. The van der Waals surface area contributed by atoms with Crippen molar-refractivity contribution in [1.82, 2.24) is 9.80 Å². The molecular weight excluding hydrogens is 276 g/mol. The van der Waals surface area contributed by atoms with Gasteiger partial charge in [0, 0.05) is 13.1 Å². The SMILES string of the molecule is CC(C)/C=C1\C2C(C)CC1[C@@H]1C(=O)N(CCN(C)C)C(=O)[C@H]21. The van der Waals surface area contributed by atoms with Gasteiger partial charge in [-0.1, -0.05) is 32.4 Å². The lowest BCUT2D eigenvalue weighted by Crippen LogP contribution is -2.38. The van der Waals surface area contributed by atoms with Crippen LogP contribution in [-0.4, -0.2) is 48.8 Å². The van der Waals surface area contributed by atoms with Crippen molar-refractivity contribution in [3.8, 4) is 0 Å². The molecule has 1 saturated heterocycles. The summed E-state index contributed by atoms with van der Waals surface area (Å²) >= 11 is 0. The van der Waals surface area contributed by atoms with Crippen LogP contribution in [0.3, 0.4) is 0 Å². The normalized spacial score (nSPS) is 39.0. The second-order valence-electron chi connectivity index (χ2n) is 7.94. The molecule has 4 heteroatoms. The lowest BCUT2D eigenvalue weighted by atomic mass is 9.76. The molecule has 2 aliphatic carbocycles. The second kappa shape index (κ2) is 5.48. The van der Waals surface area contributed by atoms with Crippen molar-refractivity contribution in [2.75, 3.05) is 27.2 Å². The van der Waals surface area contributed by atoms with Gasteiger partial charge in [0.15, 0.2) is 0 Å². The van der Waals surface area contributed by atoms with Crippen LogP contribution in [0, 0.1) is 35.5 Å². The van der Waals surface area contributed by atoms with Crippen LogP contribution in [0.2, 0.25) is 0 Å². The van der Waals surface area contributed by atoms with Gasteiger partial charge in [-0.3, -0.25) is 14.5 Å².